The minimum atomic E-state index is 0.569. The molecule has 6 aromatic carbocycles. The molecule has 1 aromatic heterocycles. The van der Waals surface area contributed by atoms with Gasteiger partial charge in [0.05, 0.1) is 5.56 Å². The van der Waals surface area contributed by atoms with Gasteiger partial charge in [0.15, 0.2) is 6.54 Å². The lowest BCUT2D eigenvalue weighted by atomic mass is 9.90. The Bertz CT molecular complexity index is 3120. The van der Waals surface area contributed by atoms with E-state index in [9.17, 15) is 5.26 Å². The van der Waals surface area contributed by atoms with Gasteiger partial charge in [-0.2, -0.15) is 9.84 Å². The summed E-state index contributed by atoms with van der Waals surface area (Å²) in [6, 6.07) is 55.2. The molecule has 0 spiro atoms. The van der Waals surface area contributed by atoms with Crippen LogP contribution in [0.4, 0.5) is 33.4 Å². The van der Waals surface area contributed by atoms with E-state index in [0.29, 0.717) is 17.4 Å². The van der Waals surface area contributed by atoms with Crippen LogP contribution in [0, 0.1) is 57.8 Å². The molecule has 0 fully saturated rings. The minimum absolute atomic E-state index is 0.569. The molecule has 0 bridgehead atoms. The van der Waals surface area contributed by atoms with Crippen LogP contribution >= 0.6 is 11.3 Å². The standard InChI is InChI=1S/C69H77N4S/c1-10-14-31-54(12-3)47-71(66-50(6)27-24-28-51(66)7)59-42-38-57(39-43-59)64(58-40-44-60(45-41-58)72(48-55(13-4)32-15-11-2)67-52(8)29-25-30-53(67)9)68-65(56-33-18-16-19-34-56)62(46-70)69(74-68)73(61-35-20-17-21-36-61)63-37-23-22-26-49(63)5/h16-30,33-45,54-55H,10-15,31-32,47-48H2,1-9H3/q+1. The molecule has 0 amide bonds. The molecule has 7 aromatic rings. The summed E-state index contributed by atoms with van der Waals surface area (Å²) in [4.78, 5) is 5.95. The molecule has 1 heterocycles. The minimum Gasteiger partial charge on any atom is -0.341 e. The van der Waals surface area contributed by atoms with Gasteiger partial charge in [-0.15, -0.1) is 11.3 Å². The zero-order chi connectivity index (χ0) is 52.1. The first-order chi connectivity index (χ1) is 36.1. The second kappa shape index (κ2) is 25.3. The maximum Gasteiger partial charge on any atom is 0.211 e. The van der Waals surface area contributed by atoms with Crippen LogP contribution < -0.4 is 9.80 Å². The lowest BCUT2D eigenvalue weighted by Crippen LogP contribution is -2.26. The van der Waals surface area contributed by atoms with Gasteiger partial charge in [-0.05, 0) is 136 Å². The predicted molar refractivity (Wildman–Crippen MR) is 320 cm³/mol. The smallest absolute Gasteiger partial charge is 0.211 e. The number of allylic oxidation sites excluding steroid dienone is 5. The van der Waals surface area contributed by atoms with Crippen LogP contribution in [0.25, 0.3) is 16.7 Å². The summed E-state index contributed by atoms with van der Waals surface area (Å²) in [5.41, 5.74) is 19.3. The van der Waals surface area contributed by atoms with E-state index in [1.165, 1.54) is 83.6 Å². The summed E-state index contributed by atoms with van der Waals surface area (Å²) in [7, 11) is 0. The molecule has 2 atom stereocenters. The number of nitriles is 1. The first-order valence-electron chi connectivity index (χ1n) is 27.4. The van der Waals surface area contributed by atoms with Crippen molar-refractivity contribution in [2.75, 3.05) is 22.9 Å². The summed E-state index contributed by atoms with van der Waals surface area (Å²) < 4.78 is 2.59. The van der Waals surface area contributed by atoms with Crippen molar-refractivity contribution in [3.05, 3.63) is 219 Å². The van der Waals surface area contributed by atoms with Gasteiger partial charge in [-0.1, -0.05) is 175 Å². The number of nitrogens with zero attached hydrogens (tertiary/aromatic N) is 4. The summed E-state index contributed by atoms with van der Waals surface area (Å²) in [5, 5.41) is 12.5. The number of unbranched alkanes of at least 4 members (excludes halogenated alkanes) is 2. The van der Waals surface area contributed by atoms with Gasteiger partial charge in [0, 0.05) is 74.5 Å². The number of hydrogen-bond acceptors (Lipinski definition) is 4. The maximum atomic E-state index is 11.6. The molecule has 2 unspecified atom stereocenters. The van der Waals surface area contributed by atoms with E-state index in [1.54, 1.807) is 11.3 Å². The fourth-order valence-electron chi connectivity index (χ4n) is 11.0. The Labute approximate surface area is 448 Å². The summed E-state index contributed by atoms with van der Waals surface area (Å²) >= 11 is 1.72. The molecule has 0 N–H and O–H groups in total. The Balaban J connectivity index is 1.40. The third-order valence-corrected chi connectivity index (χ3v) is 16.4. The van der Waals surface area contributed by atoms with Gasteiger partial charge >= 0.3 is 0 Å². The zero-order valence-electron chi connectivity index (χ0n) is 45.6. The van der Waals surface area contributed by atoms with E-state index in [0.717, 1.165) is 80.6 Å². The van der Waals surface area contributed by atoms with Crippen LogP contribution in [0.1, 0.15) is 123 Å². The molecule has 5 heteroatoms. The molecule has 74 heavy (non-hydrogen) atoms. The highest BCUT2D eigenvalue weighted by Gasteiger charge is 2.31. The summed E-state index contributed by atoms with van der Waals surface area (Å²) in [6.07, 6.45) is 18.9. The number of rotatable bonds is 21. The quantitative estimate of drug-likeness (QED) is 0.0673. The monoisotopic (exact) mass is 994 g/mol. The topological polar surface area (TPSA) is 33.3 Å². The normalized spacial score (nSPS) is 12.9. The van der Waals surface area contributed by atoms with Crippen molar-refractivity contribution in [1.82, 2.24) is 0 Å². The number of aryl methyl sites for hydroxylation is 5. The molecular formula is C69H77N4S+. The molecule has 0 saturated carbocycles. The third-order valence-electron chi connectivity index (χ3n) is 15.2. The number of para-hydroxylation sites is 4. The largest absolute Gasteiger partial charge is 0.341 e. The molecular weight excluding hydrogens is 917 g/mol. The zero-order valence-corrected chi connectivity index (χ0v) is 46.4. The van der Waals surface area contributed by atoms with Crippen LogP contribution in [0.2, 0.25) is 0 Å². The molecule has 0 saturated heterocycles. The number of anilines is 5. The van der Waals surface area contributed by atoms with Gasteiger partial charge in [-0.25, -0.2) is 0 Å². The number of thiophene rings is 1. The third kappa shape index (κ3) is 11.8. The Morgan fingerprint density at radius 2 is 1.14 bits per heavy atom. The van der Waals surface area contributed by atoms with Gasteiger partial charge in [0.1, 0.15) is 11.1 Å². The van der Waals surface area contributed by atoms with Crippen LogP contribution in [0.3, 0.4) is 0 Å². The van der Waals surface area contributed by atoms with E-state index >= 15 is 0 Å². The number of hydrogen-bond donors (Lipinski definition) is 0. The highest BCUT2D eigenvalue weighted by atomic mass is 32.1. The van der Waals surface area contributed by atoms with Crippen molar-refractivity contribution in [2.45, 2.75) is 114 Å². The lowest BCUT2D eigenvalue weighted by molar-refractivity contribution is -0.449. The van der Waals surface area contributed by atoms with Crippen LogP contribution in [-0.2, 0) is 0 Å². The van der Waals surface area contributed by atoms with Crippen LogP contribution in [0.5, 0.6) is 0 Å². The van der Waals surface area contributed by atoms with Gasteiger partial charge in [0.25, 0.3) is 0 Å². The van der Waals surface area contributed by atoms with Crippen molar-refractivity contribution in [2.24, 2.45) is 11.8 Å². The molecule has 0 radical (unpaired) electrons. The molecule has 1 aliphatic carbocycles. The maximum absolute atomic E-state index is 11.6. The van der Waals surface area contributed by atoms with E-state index < -0.39 is 0 Å². The van der Waals surface area contributed by atoms with E-state index in [-0.39, 0.29) is 0 Å². The van der Waals surface area contributed by atoms with Crippen molar-refractivity contribution in [1.29, 1.82) is 5.26 Å². The Morgan fingerprint density at radius 3 is 1.72 bits per heavy atom. The lowest BCUT2D eigenvalue weighted by Gasteiger charge is -2.32. The van der Waals surface area contributed by atoms with Gasteiger partial charge in [0.2, 0.25) is 11.4 Å². The number of benzene rings is 6. The fraction of sp³-hybridized carbons (Fsp3) is 0.304. The van der Waals surface area contributed by atoms with Crippen LogP contribution in [0.15, 0.2) is 175 Å². The molecule has 8 rings (SSSR count). The molecule has 4 nitrogen and oxygen atoms in total. The van der Waals surface area contributed by atoms with E-state index in [2.05, 4.69) is 253 Å². The Morgan fingerprint density at radius 1 is 0.581 bits per heavy atom. The van der Waals surface area contributed by atoms with E-state index in [4.69, 9.17) is 0 Å². The van der Waals surface area contributed by atoms with Crippen molar-refractivity contribution < 1.29 is 4.58 Å². The first-order valence-corrected chi connectivity index (χ1v) is 28.2. The van der Waals surface area contributed by atoms with Crippen molar-refractivity contribution in [3.63, 3.8) is 0 Å². The highest BCUT2D eigenvalue weighted by molar-refractivity contribution is 7.18. The van der Waals surface area contributed by atoms with Crippen molar-refractivity contribution in [3.8, 4) is 17.2 Å². The summed E-state index contributed by atoms with van der Waals surface area (Å²) in [5.74, 6) is 1.14. The van der Waals surface area contributed by atoms with Crippen LogP contribution in [-0.4, -0.2) is 23.4 Å². The average Bonchev–Trinajstić information content (AvgIpc) is 3.79. The fourth-order valence-corrected chi connectivity index (χ4v) is 12.4. The molecule has 1 aliphatic rings. The van der Waals surface area contributed by atoms with E-state index in [1.807, 2.05) is 0 Å². The van der Waals surface area contributed by atoms with Gasteiger partial charge < -0.3 is 9.80 Å². The Hall–Kier alpha value is -7.00. The highest BCUT2D eigenvalue weighted by Crippen LogP contribution is 2.52. The Kier molecular flexibility index (Phi) is 18.2. The SMILES string of the molecule is CCCCC(CC)CN(c1ccc(C(=C2C=CC(=[N+](CC(CC)CCCC)c3c(C)cccc3C)C=C2)c2sc(N(c3ccccc3)c3ccccc3C)c(C#N)c2-c2ccccc2)cc1)c1c(C)cccc1C. The first kappa shape index (κ1) is 53.3. The second-order valence-electron chi connectivity index (χ2n) is 20.4. The molecule has 378 valence electrons. The second-order valence-corrected chi connectivity index (χ2v) is 21.4. The molecule has 0 aliphatic heterocycles. The average molecular weight is 994 g/mol. The summed E-state index contributed by atoms with van der Waals surface area (Å²) in [6.45, 7) is 22.4. The van der Waals surface area contributed by atoms with Crippen molar-refractivity contribution >= 4 is 56.1 Å². The van der Waals surface area contributed by atoms with Gasteiger partial charge in [-0.3, -0.25) is 0 Å². The predicted octanol–water partition coefficient (Wildman–Crippen LogP) is 19.6.